The molecule has 0 unspecified atom stereocenters. The van der Waals surface area contributed by atoms with Crippen LogP contribution in [-0.2, 0) is 4.74 Å². The number of aromatic nitrogens is 2. The minimum atomic E-state index is -1.21. The van der Waals surface area contributed by atoms with Crippen molar-refractivity contribution in [2.24, 2.45) is 0 Å². The molecule has 0 bridgehead atoms. The van der Waals surface area contributed by atoms with Gasteiger partial charge in [0.05, 0.1) is 12.1 Å². The van der Waals surface area contributed by atoms with Gasteiger partial charge in [0, 0.05) is 25.2 Å². The number of likely N-dealkylation sites (N-methyl/N-ethyl adjacent to an activating group) is 1. The minimum absolute atomic E-state index is 0.145. The monoisotopic (exact) mass is 449 g/mol. The molecule has 2 aliphatic heterocycles. The van der Waals surface area contributed by atoms with Gasteiger partial charge in [0.2, 0.25) is 11.7 Å². The van der Waals surface area contributed by atoms with E-state index in [0.717, 1.165) is 19.4 Å². The van der Waals surface area contributed by atoms with Crippen molar-refractivity contribution in [2.75, 3.05) is 38.2 Å². The summed E-state index contributed by atoms with van der Waals surface area (Å²) < 4.78 is 11.4. The smallest absolute Gasteiger partial charge is 0.410 e. The number of nitrogens with zero attached hydrogens (tertiary/aromatic N) is 5. The van der Waals surface area contributed by atoms with Crippen LogP contribution in [0.5, 0.6) is 5.88 Å². The number of ether oxygens (including phenoxy) is 2. The Morgan fingerprint density at radius 2 is 1.84 bits per heavy atom. The third-order valence-corrected chi connectivity index (χ3v) is 5.82. The second kappa shape index (κ2) is 9.48. The average molecular weight is 450 g/mol. The van der Waals surface area contributed by atoms with Crippen molar-refractivity contribution in [3.63, 3.8) is 0 Å². The van der Waals surface area contributed by atoms with Gasteiger partial charge in [-0.25, -0.2) is 14.6 Å². The lowest BCUT2D eigenvalue weighted by Crippen LogP contribution is -2.59. The van der Waals surface area contributed by atoms with Crippen molar-refractivity contribution in [3.05, 3.63) is 11.9 Å². The van der Waals surface area contributed by atoms with E-state index in [0.29, 0.717) is 31.6 Å². The number of carboxylic acid groups (broad SMARTS) is 1. The first-order valence-electron chi connectivity index (χ1n) is 11.2. The van der Waals surface area contributed by atoms with Crippen molar-refractivity contribution >= 4 is 17.9 Å². The highest BCUT2D eigenvalue weighted by Gasteiger charge is 2.36. The van der Waals surface area contributed by atoms with Crippen molar-refractivity contribution < 1.29 is 24.2 Å². The van der Waals surface area contributed by atoms with Crippen LogP contribution in [0.1, 0.15) is 58.1 Å². The van der Waals surface area contributed by atoms with Crippen LogP contribution in [0.15, 0.2) is 6.07 Å². The van der Waals surface area contributed by atoms with Crippen molar-refractivity contribution in [1.29, 1.82) is 0 Å². The number of anilines is 1. The molecule has 1 aromatic heterocycles. The highest BCUT2D eigenvalue weighted by Crippen LogP contribution is 2.26. The number of carbonyl (C=O) groups excluding carboxylic acids is 1. The number of hydrogen-bond acceptors (Lipinski definition) is 8. The predicted molar refractivity (Wildman–Crippen MR) is 119 cm³/mol. The normalized spacial score (nSPS) is 24.5. The maximum absolute atomic E-state index is 12.7. The molecule has 1 aromatic rings. The lowest BCUT2D eigenvalue weighted by Gasteiger charge is -2.44. The van der Waals surface area contributed by atoms with E-state index < -0.39 is 11.6 Å². The second-order valence-electron chi connectivity index (χ2n) is 9.77. The molecule has 0 saturated carbocycles. The lowest BCUT2D eigenvalue weighted by molar-refractivity contribution is 0.00558. The van der Waals surface area contributed by atoms with Crippen LogP contribution >= 0.6 is 0 Å². The molecule has 3 atom stereocenters. The van der Waals surface area contributed by atoms with Crippen LogP contribution in [0.2, 0.25) is 0 Å². The number of likely N-dealkylation sites (tertiary alicyclic amines) is 1. The van der Waals surface area contributed by atoms with Crippen LogP contribution in [0.25, 0.3) is 0 Å². The Balaban J connectivity index is 1.76. The molecule has 10 heteroatoms. The summed E-state index contributed by atoms with van der Waals surface area (Å²) in [6.45, 7) is 11.9. The summed E-state index contributed by atoms with van der Waals surface area (Å²) in [5.41, 5.74) is -0.573. The molecule has 0 radical (unpaired) electrons. The molecule has 1 N–H and O–H groups in total. The number of rotatable bonds is 5. The van der Waals surface area contributed by atoms with Crippen molar-refractivity contribution in [2.45, 2.75) is 71.2 Å². The first kappa shape index (κ1) is 24.0. The van der Waals surface area contributed by atoms with E-state index in [4.69, 9.17) is 9.47 Å². The largest absolute Gasteiger partial charge is 0.476 e. The molecule has 3 heterocycles. The van der Waals surface area contributed by atoms with Crippen LogP contribution in [0, 0.1) is 0 Å². The van der Waals surface area contributed by atoms with Crippen molar-refractivity contribution in [3.8, 4) is 5.88 Å². The topological polar surface area (TPSA) is 108 Å². The van der Waals surface area contributed by atoms with E-state index >= 15 is 0 Å². The molecule has 0 spiro atoms. The van der Waals surface area contributed by atoms with Gasteiger partial charge in [-0.1, -0.05) is 0 Å². The maximum Gasteiger partial charge on any atom is 0.410 e. The van der Waals surface area contributed by atoms with Crippen LogP contribution in [-0.4, -0.2) is 94.0 Å². The SMILES string of the molecule is C[C@H]1CN(c2cc(OC[C@@H]3CCCN3C)nc(C(=O)O)n2)C[C@H](C)N1C(=O)OC(C)(C)C. The van der Waals surface area contributed by atoms with E-state index in [1.807, 2.05) is 39.5 Å². The average Bonchev–Trinajstić information content (AvgIpc) is 3.09. The van der Waals surface area contributed by atoms with Crippen molar-refractivity contribution in [1.82, 2.24) is 19.8 Å². The zero-order chi connectivity index (χ0) is 23.6. The molecule has 32 heavy (non-hydrogen) atoms. The van der Waals surface area contributed by atoms with Gasteiger partial charge >= 0.3 is 12.1 Å². The zero-order valence-electron chi connectivity index (χ0n) is 19.9. The molecule has 2 saturated heterocycles. The van der Waals surface area contributed by atoms with E-state index in [-0.39, 0.29) is 29.9 Å². The number of hydrogen-bond donors (Lipinski definition) is 1. The number of piperazine rings is 1. The minimum Gasteiger partial charge on any atom is -0.476 e. The molecule has 3 rings (SSSR count). The van der Waals surface area contributed by atoms with Gasteiger partial charge in [-0.2, -0.15) is 4.98 Å². The highest BCUT2D eigenvalue weighted by molar-refractivity contribution is 5.83. The summed E-state index contributed by atoms with van der Waals surface area (Å²) in [5, 5.41) is 9.50. The Bertz CT molecular complexity index is 830. The Kier molecular flexibility index (Phi) is 7.12. The van der Waals surface area contributed by atoms with E-state index in [2.05, 4.69) is 21.9 Å². The van der Waals surface area contributed by atoms with Gasteiger partial charge in [-0.3, -0.25) is 4.90 Å². The quantitative estimate of drug-likeness (QED) is 0.725. The zero-order valence-corrected chi connectivity index (χ0v) is 19.9. The van der Waals surface area contributed by atoms with Gasteiger partial charge in [-0.15, -0.1) is 0 Å². The molecule has 178 valence electrons. The third kappa shape index (κ3) is 5.79. The van der Waals surface area contributed by atoms with E-state index in [1.54, 1.807) is 11.0 Å². The molecule has 0 aliphatic carbocycles. The lowest BCUT2D eigenvalue weighted by atomic mass is 10.1. The summed E-state index contributed by atoms with van der Waals surface area (Å²) >= 11 is 0. The van der Waals surface area contributed by atoms with E-state index in [9.17, 15) is 14.7 Å². The Labute approximate surface area is 189 Å². The Morgan fingerprint density at radius 1 is 1.19 bits per heavy atom. The first-order chi connectivity index (χ1) is 14.9. The molecule has 1 amide bonds. The number of aromatic carboxylic acids is 1. The molecular formula is C22H35N5O5. The number of carbonyl (C=O) groups is 2. The van der Waals surface area contributed by atoms with Crippen LogP contribution < -0.4 is 9.64 Å². The third-order valence-electron chi connectivity index (χ3n) is 5.82. The fourth-order valence-corrected chi connectivity index (χ4v) is 4.30. The predicted octanol–water partition coefficient (Wildman–Crippen LogP) is 2.48. The first-order valence-corrected chi connectivity index (χ1v) is 11.2. The standard InChI is InChI=1S/C22H35N5O5/c1-14-11-26(12-15(2)27(14)21(30)32-22(3,4)5)17-10-18(24-19(23-17)20(28)29)31-13-16-8-7-9-25(16)6/h10,14-16H,7-9,11-13H2,1-6H3,(H,28,29)/t14-,15-,16-/m0/s1. The maximum atomic E-state index is 12.7. The van der Waals surface area contributed by atoms with Gasteiger partial charge in [0.15, 0.2) is 0 Å². The fraction of sp³-hybridized carbons (Fsp3) is 0.727. The molecule has 0 aromatic carbocycles. The van der Waals surface area contributed by atoms with Gasteiger partial charge in [0.25, 0.3) is 0 Å². The summed E-state index contributed by atoms with van der Waals surface area (Å²) in [4.78, 5) is 38.5. The summed E-state index contributed by atoms with van der Waals surface area (Å²) in [7, 11) is 2.06. The second-order valence-corrected chi connectivity index (χ2v) is 9.77. The van der Waals surface area contributed by atoms with Gasteiger partial charge in [0.1, 0.15) is 18.0 Å². The Morgan fingerprint density at radius 3 is 2.38 bits per heavy atom. The molecule has 2 aliphatic rings. The Hall–Kier alpha value is -2.62. The summed E-state index contributed by atoms with van der Waals surface area (Å²) in [6.07, 6.45) is 1.82. The summed E-state index contributed by atoms with van der Waals surface area (Å²) in [6, 6.07) is 1.69. The summed E-state index contributed by atoms with van der Waals surface area (Å²) in [5.74, 6) is -0.771. The fourth-order valence-electron chi connectivity index (χ4n) is 4.30. The highest BCUT2D eigenvalue weighted by atomic mass is 16.6. The molecular weight excluding hydrogens is 414 g/mol. The van der Waals surface area contributed by atoms with Crippen LogP contribution in [0.3, 0.4) is 0 Å². The molecule has 10 nitrogen and oxygen atoms in total. The molecule has 2 fully saturated rings. The van der Waals surface area contributed by atoms with E-state index in [1.165, 1.54) is 0 Å². The number of carboxylic acids is 1. The number of amides is 1. The van der Waals surface area contributed by atoms with Crippen LogP contribution in [0.4, 0.5) is 10.6 Å². The van der Waals surface area contributed by atoms with Gasteiger partial charge in [-0.05, 0) is 61.1 Å². The van der Waals surface area contributed by atoms with Gasteiger partial charge < -0.3 is 24.4 Å².